The first-order chi connectivity index (χ1) is 14.7. The van der Waals surface area contributed by atoms with Gasteiger partial charge in [0.15, 0.2) is 17.1 Å². The number of nitrogens with one attached hydrogen (secondary N) is 2. The zero-order valence-electron chi connectivity index (χ0n) is 16.0. The van der Waals surface area contributed by atoms with Gasteiger partial charge in [-0.2, -0.15) is 0 Å². The second-order valence-electron chi connectivity index (χ2n) is 6.52. The number of ether oxygens (including phenoxy) is 3. The van der Waals surface area contributed by atoms with Gasteiger partial charge in [0, 0.05) is 22.7 Å². The minimum absolute atomic E-state index is 0.148. The molecule has 1 amide bonds. The summed E-state index contributed by atoms with van der Waals surface area (Å²) >= 11 is 1.21. The van der Waals surface area contributed by atoms with Crippen LogP contribution in [0.3, 0.4) is 0 Å². The first-order valence-corrected chi connectivity index (χ1v) is 10.2. The van der Waals surface area contributed by atoms with Gasteiger partial charge in [-0.15, -0.1) is 10.2 Å². The first-order valence-electron chi connectivity index (χ1n) is 9.22. The third kappa shape index (κ3) is 3.57. The fourth-order valence-electron chi connectivity index (χ4n) is 3.17. The molecule has 0 spiro atoms. The second kappa shape index (κ2) is 7.71. The third-order valence-corrected chi connectivity index (χ3v) is 5.40. The van der Waals surface area contributed by atoms with Crippen LogP contribution in [0.4, 0.5) is 5.69 Å². The van der Waals surface area contributed by atoms with Crippen LogP contribution in [0.25, 0.3) is 22.1 Å². The summed E-state index contributed by atoms with van der Waals surface area (Å²) < 4.78 is 16.3. The Balaban J connectivity index is 1.27. The van der Waals surface area contributed by atoms with Crippen molar-refractivity contribution in [2.75, 3.05) is 31.4 Å². The maximum atomic E-state index is 12.3. The number of fused-ring (bicyclic) bond motifs is 4. The molecule has 0 saturated carbocycles. The van der Waals surface area contributed by atoms with Gasteiger partial charge in [-0.05, 0) is 30.3 Å². The van der Waals surface area contributed by atoms with Gasteiger partial charge < -0.3 is 24.5 Å². The minimum Gasteiger partial charge on any atom is -0.497 e. The minimum atomic E-state index is -0.179. The number of H-pyrrole nitrogens is 1. The Morgan fingerprint density at radius 1 is 1.17 bits per heavy atom. The molecule has 9 nitrogen and oxygen atoms in total. The van der Waals surface area contributed by atoms with Crippen molar-refractivity contribution in [3.63, 3.8) is 0 Å². The molecule has 2 N–H and O–H groups in total. The smallest absolute Gasteiger partial charge is 0.234 e. The summed E-state index contributed by atoms with van der Waals surface area (Å²) in [5.41, 5.74) is 2.81. The number of nitrogens with zero attached hydrogens (tertiary/aromatic N) is 3. The number of amides is 1. The van der Waals surface area contributed by atoms with Gasteiger partial charge >= 0.3 is 0 Å². The molecule has 2 aromatic carbocycles. The maximum Gasteiger partial charge on any atom is 0.234 e. The van der Waals surface area contributed by atoms with Gasteiger partial charge in [0.2, 0.25) is 11.1 Å². The molecule has 4 aromatic rings. The number of carbonyl (C=O) groups is 1. The number of carbonyl (C=O) groups excluding carboxylic acids is 1. The molecule has 152 valence electrons. The quantitative estimate of drug-likeness (QED) is 0.471. The van der Waals surface area contributed by atoms with Crippen LogP contribution in [-0.2, 0) is 4.79 Å². The van der Waals surface area contributed by atoms with Crippen molar-refractivity contribution in [2.24, 2.45) is 0 Å². The fourth-order valence-corrected chi connectivity index (χ4v) is 3.76. The van der Waals surface area contributed by atoms with Gasteiger partial charge in [0.25, 0.3) is 0 Å². The summed E-state index contributed by atoms with van der Waals surface area (Å²) in [4.78, 5) is 20.0. The van der Waals surface area contributed by atoms with E-state index in [9.17, 15) is 4.79 Å². The molecule has 1 aliphatic rings. The Kier molecular flexibility index (Phi) is 4.75. The van der Waals surface area contributed by atoms with Crippen LogP contribution in [-0.4, -0.2) is 52.1 Å². The molecular formula is C20H17N5O4S. The van der Waals surface area contributed by atoms with Gasteiger partial charge in [-0.1, -0.05) is 11.8 Å². The zero-order chi connectivity index (χ0) is 20.5. The van der Waals surface area contributed by atoms with Crippen LogP contribution in [0.1, 0.15) is 0 Å². The number of hydrogen-bond acceptors (Lipinski definition) is 8. The number of aromatic nitrogens is 4. The van der Waals surface area contributed by atoms with Crippen LogP contribution in [0.2, 0.25) is 0 Å². The fraction of sp³-hybridized carbons (Fsp3) is 0.200. The van der Waals surface area contributed by atoms with Crippen molar-refractivity contribution < 1.29 is 19.0 Å². The molecule has 0 bridgehead atoms. The van der Waals surface area contributed by atoms with Gasteiger partial charge in [-0.25, -0.2) is 4.98 Å². The standard InChI is InChI=1S/C20H17N5O4S/c1-27-12-3-4-14-13(9-12)18-19(22-14)23-20(25-24-18)30-10-17(26)21-11-2-5-15-16(8-11)29-7-6-28-15/h2-5,8-9H,6-7,10H2,1H3,(H,21,26)(H,22,23,25). The lowest BCUT2D eigenvalue weighted by molar-refractivity contribution is -0.113. The van der Waals surface area contributed by atoms with Crippen molar-refractivity contribution in [3.05, 3.63) is 36.4 Å². The molecule has 10 heteroatoms. The highest BCUT2D eigenvalue weighted by atomic mass is 32.2. The summed E-state index contributed by atoms with van der Waals surface area (Å²) in [6.07, 6.45) is 0. The predicted octanol–water partition coefficient (Wildman–Crippen LogP) is 3.02. The second-order valence-corrected chi connectivity index (χ2v) is 7.47. The summed E-state index contributed by atoms with van der Waals surface area (Å²) in [6, 6.07) is 11.0. The molecule has 5 rings (SSSR count). The molecule has 0 atom stereocenters. The molecular weight excluding hydrogens is 406 g/mol. The Morgan fingerprint density at radius 2 is 2.03 bits per heavy atom. The number of benzene rings is 2. The Labute approximate surface area is 175 Å². The summed E-state index contributed by atoms with van der Waals surface area (Å²) in [6.45, 7) is 1.02. The van der Waals surface area contributed by atoms with Crippen molar-refractivity contribution in [1.82, 2.24) is 20.2 Å². The molecule has 0 aliphatic carbocycles. The highest BCUT2D eigenvalue weighted by Gasteiger charge is 2.14. The molecule has 0 radical (unpaired) electrons. The molecule has 0 unspecified atom stereocenters. The summed E-state index contributed by atoms with van der Waals surface area (Å²) in [7, 11) is 1.62. The Hall–Kier alpha value is -3.53. The van der Waals surface area contributed by atoms with Crippen LogP contribution in [0.15, 0.2) is 41.6 Å². The largest absolute Gasteiger partial charge is 0.497 e. The number of hydrogen-bond donors (Lipinski definition) is 2. The topological polar surface area (TPSA) is 111 Å². The van der Waals surface area contributed by atoms with Gasteiger partial charge in [-0.3, -0.25) is 4.79 Å². The number of anilines is 1. The highest BCUT2D eigenvalue weighted by molar-refractivity contribution is 7.99. The third-order valence-electron chi connectivity index (χ3n) is 4.56. The van der Waals surface area contributed by atoms with Crippen LogP contribution in [0, 0.1) is 0 Å². The molecule has 0 saturated heterocycles. The van der Waals surface area contributed by atoms with Crippen molar-refractivity contribution in [3.8, 4) is 17.2 Å². The normalized spacial score (nSPS) is 12.8. The summed E-state index contributed by atoms with van der Waals surface area (Å²) in [5.74, 6) is 2.01. The molecule has 0 fully saturated rings. The van der Waals surface area contributed by atoms with Crippen molar-refractivity contribution in [2.45, 2.75) is 5.16 Å². The van der Waals surface area contributed by atoms with Crippen LogP contribution in [0.5, 0.6) is 17.2 Å². The van der Waals surface area contributed by atoms with E-state index in [1.54, 1.807) is 25.3 Å². The Morgan fingerprint density at radius 3 is 2.90 bits per heavy atom. The molecule has 2 aromatic heterocycles. The van der Waals surface area contributed by atoms with Gasteiger partial charge in [0.1, 0.15) is 24.5 Å². The zero-order valence-corrected chi connectivity index (χ0v) is 16.8. The van der Waals surface area contributed by atoms with Crippen LogP contribution < -0.4 is 19.5 Å². The van der Waals surface area contributed by atoms with Gasteiger partial charge in [0.05, 0.1) is 12.9 Å². The van der Waals surface area contributed by atoms with E-state index in [-0.39, 0.29) is 11.7 Å². The lowest BCUT2D eigenvalue weighted by atomic mass is 10.2. The van der Waals surface area contributed by atoms with E-state index >= 15 is 0 Å². The number of rotatable bonds is 5. The average Bonchev–Trinajstić information content (AvgIpc) is 3.14. The summed E-state index contributed by atoms with van der Waals surface area (Å²) in [5, 5.41) is 12.6. The van der Waals surface area contributed by atoms with E-state index in [0.717, 1.165) is 16.7 Å². The first kappa shape index (κ1) is 18.5. The predicted molar refractivity (Wildman–Crippen MR) is 113 cm³/mol. The average molecular weight is 423 g/mol. The molecule has 1 aliphatic heterocycles. The number of thioether (sulfide) groups is 1. The van der Waals surface area contributed by atoms with E-state index in [2.05, 4.69) is 25.5 Å². The molecule has 3 heterocycles. The number of methoxy groups -OCH3 is 1. The lowest BCUT2D eigenvalue weighted by Crippen LogP contribution is -2.17. The lowest BCUT2D eigenvalue weighted by Gasteiger charge is -2.18. The van der Waals surface area contributed by atoms with E-state index in [1.807, 2.05) is 18.2 Å². The van der Waals surface area contributed by atoms with E-state index in [4.69, 9.17) is 14.2 Å². The number of aromatic amines is 1. The van der Waals surface area contributed by atoms with Crippen LogP contribution >= 0.6 is 11.8 Å². The van der Waals surface area contributed by atoms with Crippen molar-refractivity contribution >= 4 is 45.4 Å². The SMILES string of the molecule is COc1ccc2[nH]c3nc(SCC(=O)Nc4ccc5c(c4)OCCO5)nnc3c2c1. The molecule has 30 heavy (non-hydrogen) atoms. The highest BCUT2D eigenvalue weighted by Crippen LogP contribution is 2.32. The van der Waals surface area contributed by atoms with E-state index in [1.165, 1.54) is 11.8 Å². The Bertz CT molecular complexity index is 1260. The van der Waals surface area contributed by atoms with E-state index < -0.39 is 0 Å². The van der Waals surface area contributed by atoms with E-state index in [0.29, 0.717) is 46.7 Å². The van der Waals surface area contributed by atoms with Crippen molar-refractivity contribution in [1.29, 1.82) is 0 Å². The monoisotopic (exact) mass is 423 g/mol. The maximum absolute atomic E-state index is 12.3.